The molecule has 2 N–H and O–H groups in total. The number of aryl methyl sites for hydroxylation is 1. The van der Waals surface area contributed by atoms with E-state index in [1.54, 1.807) is 11.3 Å². The monoisotopic (exact) mass is 345 g/mol. The maximum absolute atomic E-state index is 12.3. The molecular weight excluding hydrogens is 322 g/mol. The van der Waals surface area contributed by atoms with E-state index >= 15 is 0 Å². The molecule has 1 aromatic heterocycles. The van der Waals surface area contributed by atoms with Crippen LogP contribution in [0.2, 0.25) is 0 Å². The number of thiazole rings is 1. The number of ether oxygens (including phenoxy) is 1. The Hall–Kier alpha value is -2.08. The van der Waals surface area contributed by atoms with Crippen LogP contribution in [0.5, 0.6) is 5.75 Å². The van der Waals surface area contributed by atoms with Crippen LogP contribution in [0.15, 0.2) is 23.6 Å². The fraction of sp³-hybridized carbons (Fsp3) is 0.444. The Morgan fingerprint density at radius 1 is 1.50 bits per heavy atom. The summed E-state index contributed by atoms with van der Waals surface area (Å²) < 4.78 is 5.69. The van der Waals surface area contributed by atoms with Gasteiger partial charge in [-0.25, -0.2) is 9.78 Å². The first-order chi connectivity index (χ1) is 11.6. The minimum absolute atomic E-state index is 0.0322. The maximum atomic E-state index is 12.3. The molecule has 0 saturated heterocycles. The van der Waals surface area contributed by atoms with Crippen LogP contribution >= 0.6 is 11.3 Å². The van der Waals surface area contributed by atoms with Crippen molar-refractivity contribution in [1.82, 2.24) is 15.6 Å². The van der Waals surface area contributed by atoms with Gasteiger partial charge in [0.15, 0.2) is 0 Å². The topological polar surface area (TPSA) is 63.2 Å². The van der Waals surface area contributed by atoms with E-state index in [-0.39, 0.29) is 18.1 Å². The number of aromatic nitrogens is 1. The minimum atomic E-state index is -0.159. The molecule has 1 aliphatic rings. The smallest absolute Gasteiger partial charge is 0.315 e. The lowest BCUT2D eigenvalue weighted by atomic mass is 10.1. The summed E-state index contributed by atoms with van der Waals surface area (Å²) in [5.74, 6) is 0.936. The third-order valence-electron chi connectivity index (χ3n) is 4.26. The highest BCUT2D eigenvalue weighted by atomic mass is 32.1. The summed E-state index contributed by atoms with van der Waals surface area (Å²) >= 11 is 1.59. The van der Waals surface area contributed by atoms with Crippen LogP contribution in [0.3, 0.4) is 0 Å². The van der Waals surface area contributed by atoms with Gasteiger partial charge in [0.1, 0.15) is 5.75 Å². The number of urea groups is 1. The lowest BCUT2D eigenvalue weighted by molar-refractivity contribution is 0.234. The number of carbonyl (C=O) groups is 1. The molecular formula is C18H23N3O2S. The van der Waals surface area contributed by atoms with Crippen molar-refractivity contribution in [3.05, 3.63) is 45.4 Å². The van der Waals surface area contributed by atoms with E-state index in [4.69, 9.17) is 4.74 Å². The predicted molar refractivity (Wildman–Crippen MR) is 95.6 cm³/mol. The third kappa shape index (κ3) is 3.53. The molecule has 6 heteroatoms. The SMILES string of the molecule is CCOc1cccc2c1CC[C@H]2NC(=O)N[C@@H](C)c1csc(C)n1. The molecule has 128 valence electrons. The van der Waals surface area contributed by atoms with Gasteiger partial charge >= 0.3 is 6.03 Å². The minimum Gasteiger partial charge on any atom is -0.494 e. The van der Waals surface area contributed by atoms with Crippen LogP contribution in [-0.2, 0) is 6.42 Å². The standard InChI is InChI=1S/C18H23N3O2S/c1-4-23-17-7-5-6-13-14(17)8-9-15(13)21-18(22)19-11(2)16-10-24-12(3)20-16/h5-7,10-11,15H,4,8-9H2,1-3H3,(H2,19,21,22)/t11-,15+/m0/s1. The van der Waals surface area contributed by atoms with Gasteiger partial charge in [0.25, 0.3) is 0 Å². The average Bonchev–Trinajstić information content (AvgIpc) is 3.15. The number of carbonyl (C=O) groups excluding carboxylic acids is 1. The Morgan fingerprint density at radius 3 is 3.04 bits per heavy atom. The van der Waals surface area contributed by atoms with Crippen LogP contribution in [0.25, 0.3) is 0 Å². The summed E-state index contributed by atoms with van der Waals surface area (Å²) in [5, 5.41) is 9.04. The molecule has 2 atom stereocenters. The van der Waals surface area contributed by atoms with Crippen molar-refractivity contribution in [3.8, 4) is 5.75 Å². The third-order valence-corrected chi connectivity index (χ3v) is 5.05. The molecule has 0 radical (unpaired) electrons. The number of amides is 2. The summed E-state index contributed by atoms with van der Waals surface area (Å²) in [6.45, 7) is 6.55. The van der Waals surface area contributed by atoms with Gasteiger partial charge in [-0.3, -0.25) is 0 Å². The summed E-state index contributed by atoms with van der Waals surface area (Å²) in [4.78, 5) is 16.8. The second-order valence-electron chi connectivity index (χ2n) is 5.98. The van der Waals surface area contributed by atoms with Crippen molar-refractivity contribution in [2.45, 2.75) is 45.7 Å². The molecule has 0 fully saturated rings. The van der Waals surface area contributed by atoms with Gasteiger partial charge in [-0.15, -0.1) is 11.3 Å². The molecule has 2 amide bonds. The highest BCUT2D eigenvalue weighted by Crippen LogP contribution is 2.36. The van der Waals surface area contributed by atoms with E-state index in [2.05, 4.69) is 21.7 Å². The highest BCUT2D eigenvalue weighted by molar-refractivity contribution is 7.09. The van der Waals surface area contributed by atoms with Crippen molar-refractivity contribution in [2.24, 2.45) is 0 Å². The quantitative estimate of drug-likeness (QED) is 0.864. The molecule has 0 unspecified atom stereocenters. The Morgan fingerprint density at radius 2 is 2.33 bits per heavy atom. The maximum Gasteiger partial charge on any atom is 0.315 e. The number of nitrogens with one attached hydrogen (secondary N) is 2. The van der Waals surface area contributed by atoms with E-state index in [0.29, 0.717) is 6.61 Å². The van der Waals surface area contributed by atoms with Crippen molar-refractivity contribution in [2.75, 3.05) is 6.61 Å². The Labute approximate surface area is 146 Å². The van der Waals surface area contributed by atoms with E-state index in [1.807, 2.05) is 38.3 Å². The lowest BCUT2D eigenvalue weighted by Gasteiger charge is -2.18. The second kappa shape index (κ2) is 7.21. The van der Waals surface area contributed by atoms with Gasteiger partial charge < -0.3 is 15.4 Å². The number of benzene rings is 1. The summed E-state index contributed by atoms with van der Waals surface area (Å²) in [7, 11) is 0. The van der Waals surface area contributed by atoms with E-state index in [9.17, 15) is 4.79 Å². The number of hydrogen-bond acceptors (Lipinski definition) is 4. The van der Waals surface area contributed by atoms with Crippen LogP contribution in [0.1, 0.15) is 54.2 Å². The zero-order valence-corrected chi connectivity index (χ0v) is 15.1. The zero-order chi connectivity index (χ0) is 17.1. The molecule has 3 rings (SSSR count). The molecule has 0 spiro atoms. The summed E-state index contributed by atoms with van der Waals surface area (Å²) in [6.07, 6.45) is 1.83. The first-order valence-electron chi connectivity index (χ1n) is 8.32. The summed E-state index contributed by atoms with van der Waals surface area (Å²) in [5.41, 5.74) is 3.28. The fourth-order valence-electron chi connectivity index (χ4n) is 3.11. The normalized spacial score (nSPS) is 17.2. The van der Waals surface area contributed by atoms with Crippen molar-refractivity contribution in [3.63, 3.8) is 0 Å². The van der Waals surface area contributed by atoms with E-state index in [0.717, 1.165) is 34.9 Å². The molecule has 1 heterocycles. The number of rotatable bonds is 5. The van der Waals surface area contributed by atoms with Crippen LogP contribution in [-0.4, -0.2) is 17.6 Å². The molecule has 5 nitrogen and oxygen atoms in total. The zero-order valence-electron chi connectivity index (χ0n) is 14.3. The van der Waals surface area contributed by atoms with Crippen molar-refractivity contribution >= 4 is 17.4 Å². The molecule has 24 heavy (non-hydrogen) atoms. The molecule has 1 aromatic carbocycles. The molecule has 0 bridgehead atoms. The van der Waals surface area contributed by atoms with Crippen LogP contribution < -0.4 is 15.4 Å². The van der Waals surface area contributed by atoms with Gasteiger partial charge in [0.2, 0.25) is 0 Å². The number of fused-ring (bicyclic) bond motifs is 1. The molecule has 2 aromatic rings. The molecule has 1 aliphatic carbocycles. The second-order valence-corrected chi connectivity index (χ2v) is 7.04. The van der Waals surface area contributed by atoms with Gasteiger partial charge in [-0.1, -0.05) is 12.1 Å². The van der Waals surface area contributed by atoms with Gasteiger partial charge in [0, 0.05) is 5.38 Å². The lowest BCUT2D eigenvalue weighted by Crippen LogP contribution is -2.38. The average molecular weight is 345 g/mol. The number of hydrogen-bond donors (Lipinski definition) is 2. The fourth-order valence-corrected chi connectivity index (χ4v) is 3.82. The Bertz CT molecular complexity index is 729. The predicted octanol–water partition coefficient (Wildman–Crippen LogP) is 3.90. The van der Waals surface area contributed by atoms with Crippen LogP contribution in [0.4, 0.5) is 4.79 Å². The van der Waals surface area contributed by atoms with Gasteiger partial charge in [0.05, 0.1) is 29.4 Å². The number of nitrogens with zero attached hydrogens (tertiary/aromatic N) is 1. The first-order valence-corrected chi connectivity index (χ1v) is 9.20. The first kappa shape index (κ1) is 16.8. The van der Waals surface area contributed by atoms with Gasteiger partial charge in [-0.05, 0) is 50.8 Å². The van der Waals surface area contributed by atoms with Crippen molar-refractivity contribution in [1.29, 1.82) is 0 Å². The van der Waals surface area contributed by atoms with Gasteiger partial charge in [-0.2, -0.15) is 0 Å². The molecule has 0 aliphatic heterocycles. The largest absolute Gasteiger partial charge is 0.494 e. The highest BCUT2D eigenvalue weighted by Gasteiger charge is 2.27. The summed E-state index contributed by atoms with van der Waals surface area (Å²) in [6, 6.07) is 5.83. The van der Waals surface area contributed by atoms with E-state index in [1.165, 1.54) is 5.56 Å². The Balaban J connectivity index is 1.64. The van der Waals surface area contributed by atoms with Crippen molar-refractivity contribution < 1.29 is 9.53 Å². The van der Waals surface area contributed by atoms with Crippen LogP contribution in [0, 0.1) is 6.92 Å². The Kier molecular flexibility index (Phi) is 5.04. The molecule has 0 saturated carbocycles. The van der Waals surface area contributed by atoms with E-state index < -0.39 is 0 Å².